The smallest absolute Gasteiger partial charge is 0.412 e. The first-order valence-electron chi connectivity index (χ1n) is 11.6. The molecular weight excluding hydrogens is 569 g/mol. The Balaban J connectivity index is 1.65. The lowest BCUT2D eigenvalue weighted by molar-refractivity contribution is -0.111. The molecule has 0 bridgehead atoms. The number of nitrogens with two attached hydrogens (primary N) is 1. The molecule has 3 rings (SSSR count). The molecule has 5 N–H and O–H groups in total. The number of phenols is 1. The molecular formula is C28H30IN3O4. The fourth-order valence-electron chi connectivity index (χ4n) is 3.63. The second-order valence-corrected chi connectivity index (χ2v) is 9.80. The van der Waals surface area contributed by atoms with Crippen LogP contribution in [0.5, 0.6) is 5.75 Å². The van der Waals surface area contributed by atoms with Gasteiger partial charge in [-0.15, -0.1) is 0 Å². The number of phenolic OH excluding ortho intramolecular Hbond substituents is 1. The molecule has 0 aliphatic carbocycles. The second kappa shape index (κ2) is 13.0. The number of halogens is 1. The minimum atomic E-state index is -0.684. The maximum Gasteiger partial charge on any atom is 0.412 e. The van der Waals surface area contributed by atoms with Crippen LogP contribution in [0.25, 0.3) is 0 Å². The molecule has 36 heavy (non-hydrogen) atoms. The Morgan fingerprint density at radius 1 is 1.08 bits per heavy atom. The average molecular weight is 599 g/mol. The summed E-state index contributed by atoms with van der Waals surface area (Å²) in [4.78, 5) is 24.9. The van der Waals surface area contributed by atoms with Crippen LogP contribution in [0, 0.1) is 16.4 Å². The fourth-order valence-corrected chi connectivity index (χ4v) is 4.14. The lowest BCUT2D eigenvalue weighted by Gasteiger charge is -2.25. The fraction of sp³-hybridized carbons (Fsp3) is 0.214. The van der Waals surface area contributed by atoms with E-state index < -0.39 is 12.2 Å². The van der Waals surface area contributed by atoms with E-state index in [1.54, 1.807) is 54.6 Å². The van der Waals surface area contributed by atoms with Crippen LogP contribution in [0.2, 0.25) is 0 Å². The monoisotopic (exact) mass is 599 g/mol. The molecule has 0 saturated heterocycles. The molecule has 8 heteroatoms. The van der Waals surface area contributed by atoms with Gasteiger partial charge in [-0.2, -0.15) is 0 Å². The second-order valence-electron chi connectivity index (χ2n) is 8.55. The summed E-state index contributed by atoms with van der Waals surface area (Å²) in [6.07, 6.45) is 3.12. The van der Waals surface area contributed by atoms with E-state index >= 15 is 0 Å². The van der Waals surface area contributed by atoms with E-state index in [0.717, 1.165) is 9.13 Å². The summed E-state index contributed by atoms with van der Waals surface area (Å²) in [7, 11) is 0. The number of anilines is 3. The Kier molecular flexibility index (Phi) is 9.75. The lowest BCUT2D eigenvalue weighted by Crippen LogP contribution is -2.22. The zero-order chi connectivity index (χ0) is 26.1. The van der Waals surface area contributed by atoms with Crippen LogP contribution in [-0.2, 0) is 9.53 Å². The van der Waals surface area contributed by atoms with E-state index in [1.165, 1.54) is 6.08 Å². The van der Waals surface area contributed by atoms with Gasteiger partial charge in [0, 0.05) is 14.8 Å². The third-order valence-corrected chi connectivity index (χ3v) is 6.29. The van der Waals surface area contributed by atoms with Crippen molar-refractivity contribution in [3.05, 3.63) is 93.6 Å². The van der Waals surface area contributed by atoms with Gasteiger partial charge in [0.1, 0.15) is 11.9 Å². The van der Waals surface area contributed by atoms with E-state index in [4.69, 9.17) is 10.5 Å². The maximum absolute atomic E-state index is 12.7. The summed E-state index contributed by atoms with van der Waals surface area (Å²) in [5.74, 6) is -0.359. The molecule has 3 aromatic carbocycles. The molecule has 0 heterocycles. The number of benzene rings is 3. The number of allylic oxidation sites excluding steroid dienone is 1. The van der Waals surface area contributed by atoms with Crippen molar-refractivity contribution in [2.24, 2.45) is 5.92 Å². The molecule has 7 nitrogen and oxygen atoms in total. The first-order valence-corrected chi connectivity index (χ1v) is 12.7. The van der Waals surface area contributed by atoms with Crippen molar-refractivity contribution < 1.29 is 19.4 Å². The Morgan fingerprint density at radius 2 is 1.81 bits per heavy atom. The Bertz CT molecular complexity index is 1230. The van der Waals surface area contributed by atoms with E-state index in [-0.39, 0.29) is 17.6 Å². The van der Waals surface area contributed by atoms with Crippen molar-refractivity contribution in [3.8, 4) is 5.75 Å². The summed E-state index contributed by atoms with van der Waals surface area (Å²) in [6.45, 7) is 3.91. The normalized spacial score (nSPS) is 12.6. The number of aromatic hydroxyl groups is 1. The Hall–Kier alpha value is -3.53. The molecule has 188 valence electrons. The third-order valence-electron chi connectivity index (χ3n) is 5.62. The van der Waals surface area contributed by atoms with E-state index in [9.17, 15) is 14.7 Å². The van der Waals surface area contributed by atoms with Gasteiger partial charge in [-0.1, -0.05) is 42.8 Å². The number of hydrogen-bond donors (Lipinski definition) is 4. The van der Waals surface area contributed by atoms with Crippen LogP contribution >= 0.6 is 22.6 Å². The highest BCUT2D eigenvalue weighted by atomic mass is 127. The molecule has 0 unspecified atom stereocenters. The molecule has 0 aliphatic heterocycles. The van der Waals surface area contributed by atoms with Crippen molar-refractivity contribution in [1.82, 2.24) is 0 Å². The van der Waals surface area contributed by atoms with Crippen LogP contribution in [0.4, 0.5) is 21.9 Å². The highest BCUT2D eigenvalue weighted by Crippen LogP contribution is 2.36. The lowest BCUT2D eigenvalue weighted by atomic mass is 9.92. The number of aryl methyl sites for hydroxylation is 1. The Labute approximate surface area is 224 Å². The molecule has 0 spiro atoms. The molecule has 2 amide bonds. The van der Waals surface area contributed by atoms with Crippen molar-refractivity contribution in [2.75, 3.05) is 16.4 Å². The SMILES string of the molecule is Cc1ccc(NC(=O)O[C@H](c2cc(I)ccc2O)[C@@H](C)CC/C=C/C(=O)Nc2ccccc2N)cc1. The van der Waals surface area contributed by atoms with Crippen molar-refractivity contribution in [2.45, 2.75) is 32.8 Å². The van der Waals surface area contributed by atoms with Gasteiger partial charge in [-0.3, -0.25) is 10.1 Å². The molecule has 2 atom stereocenters. The largest absolute Gasteiger partial charge is 0.508 e. The quantitative estimate of drug-likeness (QED) is 0.123. The van der Waals surface area contributed by atoms with Crippen molar-refractivity contribution >= 4 is 51.7 Å². The zero-order valence-corrected chi connectivity index (χ0v) is 22.4. The van der Waals surface area contributed by atoms with Gasteiger partial charge in [0.15, 0.2) is 0 Å². The minimum Gasteiger partial charge on any atom is -0.508 e. The molecule has 0 radical (unpaired) electrons. The summed E-state index contributed by atoms with van der Waals surface area (Å²) in [5, 5.41) is 16.0. The van der Waals surface area contributed by atoms with Gasteiger partial charge in [0.05, 0.1) is 11.4 Å². The zero-order valence-electron chi connectivity index (χ0n) is 20.2. The van der Waals surface area contributed by atoms with Gasteiger partial charge in [-0.25, -0.2) is 4.79 Å². The predicted octanol–water partition coefficient (Wildman–Crippen LogP) is 6.79. The highest BCUT2D eigenvalue weighted by molar-refractivity contribution is 14.1. The first kappa shape index (κ1) is 27.1. The number of carbonyl (C=O) groups is 2. The summed E-state index contributed by atoms with van der Waals surface area (Å²) < 4.78 is 6.72. The number of ether oxygens (including phenoxy) is 1. The van der Waals surface area contributed by atoms with Gasteiger partial charge in [0.2, 0.25) is 5.91 Å². The van der Waals surface area contributed by atoms with E-state index in [0.29, 0.717) is 35.5 Å². The predicted molar refractivity (Wildman–Crippen MR) is 152 cm³/mol. The number of amides is 2. The van der Waals surface area contributed by atoms with Crippen LogP contribution in [0.1, 0.15) is 37.0 Å². The van der Waals surface area contributed by atoms with Gasteiger partial charge in [0.25, 0.3) is 0 Å². The number of nitrogen functional groups attached to an aromatic ring is 1. The summed E-state index contributed by atoms with van der Waals surface area (Å²) in [6, 6.07) is 19.6. The van der Waals surface area contributed by atoms with Crippen LogP contribution in [0.3, 0.4) is 0 Å². The summed E-state index contributed by atoms with van der Waals surface area (Å²) in [5.41, 5.74) is 9.16. The van der Waals surface area contributed by atoms with Crippen LogP contribution < -0.4 is 16.4 Å². The number of nitrogens with one attached hydrogen (secondary N) is 2. The maximum atomic E-state index is 12.7. The Morgan fingerprint density at radius 3 is 2.53 bits per heavy atom. The first-order chi connectivity index (χ1) is 17.2. The molecule has 0 fully saturated rings. The van der Waals surface area contributed by atoms with E-state index in [2.05, 4.69) is 33.2 Å². The van der Waals surface area contributed by atoms with Gasteiger partial charge < -0.3 is 20.9 Å². The highest BCUT2D eigenvalue weighted by Gasteiger charge is 2.26. The molecule has 0 aliphatic rings. The molecule has 0 saturated carbocycles. The van der Waals surface area contributed by atoms with Crippen LogP contribution in [0.15, 0.2) is 78.9 Å². The van der Waals surface area contributed by atoms with Gasteiger partial charge >= 0.3 is 6.09 Å². The molecule has 0 aromatic heterocycles. The van der Waals surface area contributed by atoms with Crippen LogP contribution in [-0.4, -0.2) is 17.1 Å². The average Bonchev–Trinajstić information content (AvgIpc) is 2.85. The van der Waals surface area contributed by atoms with E-state index in [1.807, 2.05) is 32.0 Å². The topological polar surface area (TPSA) is 114 Å². The standard InChI is InChI=1S/C28H30IN3O4/c1-18-11-14-21(15-12-18)31-28(35)36-27(22-17-20(29)13-16-25(22)33)19(2)7-3-6-10-26(34)32-24-9-5-4-8-23(24)30/h4-6,8-17,19,27,33H,3,7,30H2,1-2H3,(H,31,35)(H,32,34)/b10-6+/t19-,27-/m0/s1. The number of carbonyl (C=O) groups excluding carboxylic acids is 2. The number of para-hydroxylation sites is 2. The number of rotatable bonds is 9. The third kappa shape index (κ3) is 8.01. The van der Waals surface area contributed by atoms with Crippen molar-refractivity contribution in [3.63, 3.8) is 0 Å². The van der Waals surface area contributed by atoms with Crippen molar-refractivity contribution in [1.29, 1.82) is 0 Å². The summed E-state index contributed by atoms with van der Waals surface area (Å²) >= 11 is 2.16. The number of hydrogen-bond acceptors (Lipinski definition) is 5. The minimum absolute atomic E-state index is 0.0609. The van der Waals surface area contributed by atoms with Gasteiger partial charge in [-0.05, 0) is 96.8 Å². The molecule has 3 aromatic rings.